The molecule has 6 aromatic rings. The molecule has 2 heterocycles. The molecule has 0 bridgehead atoms. The van der Waals surface area contributed by atoms with Crippen LogP contribution in [0.2, 0.25) is 5.15 Å². The largest absolute Gasteiger partial charge is 0.494 e. The van der Waals surface area contributed by atoms with Gasteiger partial charge in [0.15, 0.2) is 28.3 Å². The number of methoxy groups -OCH3 is 2. The smallest absolute Gasteiger partial charge is 0.165 e. The van der Waals surface area contributed by atoms with E-state index in [-0.39, 0.29) is 17.3 Å². The molecule has 218 valence electrons. The molecule has 0 amide bonds. The van der Waals surface area contributed by atoms with Crippen molar-refractivity contribution in [3.8, 4) is 45.4 Å². The third-order valence-electron chi connectivity index (χ3n) is 6.86. The topological polar surface area (TPSA) is 54.1 Å². The van der Waals surface area contributed by atoms with Crippen molar-refractivity contribution in [2.24, 2.45) is 0 Å². The van der Waals surface area contributed by atoms with Crippen LogP contribution in [0.1, 0.15) is 11.1 Å². The van der Waals surface area contributed by atoms with Crippen molar-refractivity contribution >= 4 is 11.6 Å². The number of hydrogen-bond donors (Lipinski definition) is 0. The van der Waals surface area contributed by atoms with Gasteiger partial charge in [-0.05, 0) is 74.5 Å². The molecule has 0 aliphatic rings. The van der Waals surface area contributed by atoms with Gasteiger partial charge in [-0.2, -0.15) is 0 Å². The summed E-state index contributed by atoms with van der Waals surface area (Å²) in [4.78, 5) is 8.32. The summed E-state index contributed by atoms with van der Waals surface area (Å²) in [6, 6.07) is 25.7. The molecule has 0 spiro atoms. The molecular weight excluding hydrogens is 570 g/mol. The van der Waals surface area contributed by atoms with Crippen LogP contribution in [0.5, 0.6) is 11.5 Å². The minimum Gasteiger partial charge on any atom is -0.494 e. The SMILES string of the molecule is COc1ccc(-c2c(Cl)ncn2-c2ccc(C)cc2)cc1F.COc1ccc(-c2cncn2-c2ccc(C)cc2)cc1F. The van der Waals surface area contributed by atoms with E-state index in [2.05, 4.69) is 9.97 Å². The quantitative estimate of drug-likeness (QED) is 0.192. The summed E-state index contributed by atoms with van der Waals surface area (Å²) >= 11 is 6.20. The summed E-state index contributed by atoms with van der Waals surface area (Å²) in [6.45, 7) is 4.06. The van der Waals surface area contributed by atoms with Gasteiger partial charge < -0.3 is 9.47 Å². The van der Waals surface area contributed by atoms with Crippen LogP contribution in [0.4, 0.5) is 8.78 Å². The van der Waals surface area contributed by atoms with E-state index >= 15 is 0 Å². The number of imidazole rings is 2. The normalized spacial score (nSPS) is 10.7. The molecule has 0 unspecified atom stereocenters. The fourth-order valence-electron chi connectivity index (χ4n) is 4.55. The van der Waals surface area contributed by atoms with Gasteiger partial charge >= 0.3 is 0 Å². The highest BCUT2D eigenvalue weighted by Crippen LogP contribution is 2.32. The van der Waals surface area contributed by atoms with E-state index in [0.29, 0.717) is 16.4 Å². The predicted octanol–water partition coefficient (Wildman–Crippen LogP) is 8.64. The van der Waals surface area contributed by atoms with Crippen molar-refractivity contribution in [2.45, 2.75) is 13.8 Å². The summed E-state index contributed by atoms with van der Waals surface area (Å²) in [5.41, 5.74) is 7.13. The number of halogens is 3. The Balaban J connectivity index is 0.000000171. The molecule has 6 rings (SSSR count). The number of hydrogen-bond acceptors (Lipinski definition) is 4. The van der Waals surface area contributed by atoms with Gasteiger partial charge in [-0.15, -0.1) is 0 Å². The zero-order valence-electron chi connectivity index (χ0n) is 24.1. The van der Waals surface area contributed by atoms with E-state index in [1.54, 1.807) is 37.1 Å². The molecular formula is C34H29ClF2N4O2. The first-order valence-corrected chi connectivity index (χ1v) is 13.7. The van der Waals surface area contributed by atoms with E-state index in [9.17, 15) is 8.78 Å². The van der Waals surface area contributed by atoms with Gasteiger partial charge in [-0.25, -0.2) is 18.7 Å². The second-order valence-electron chi connectivity index (χ2n) is 9.77. The lowest BCUT2D eigenvalue weighted by Crippen LogP contribution is -1.96. The number of nitrogens with zero attached hydrogens (tertiary/aromatic N) is 4. The Labute approximate surface area is 253 Å². The van der Waals surface area contributed by atoms with E-state index < -0.39 is 5.82 Å². The maximum absolute atomic E-state index is 14.0. The summed E-state index contributed by atoms with van der Waals surface area (Å²) in [6.07, 6.45) is 5.08. The number of benzene rings is 4. The van der Waals surface area contributed by atoms with Gasteiger partial charge in [0, 0.05) is 22.5 Å². The lowest BCUT2D eigenvalue weighted by Gasteiger charge is -2.10. The van der Waals surface area contributed by atoms with Crippen LogP contribution in [0, 0.1) is 25.5 Å². The highest BCUT2D eigenvalue weighted by molar-refractivity contribution is 6.32. The fraction of sp³-hybridized carbons (Fsp3) is 0.118. The lowest BCUT2D eigenvalue weighted by molar-refractivity contribution is 0.386. The maximum Gasteiger partial charge on any atom is 0.165 e. The molecule has 43 heavy (non-hydrogen) atoms. The van der Waals surface area contributed by atoms with Crippen LogP contribution in [0.25, 0.3) is 33.9 Å². The second kappa shape index (κ2) is 12.9. The maximum atomic E-state index is 14.0. The zero-order chi connectivity index (χ0) is 30.5. The molecule has 0 radical (unpaired) electrons. The Morgan fingerprint density at radius 1 is 0.651 bits per heavy atom. The number of rotatable bonds is 6. The van der Waals surface area contributed by atoms with Crippen LogP contribution in [0.15, 0.2) is 104 Å². The van der Waals surface area contributed by atoms with Crippen molar-refractivity contribution in [1.29, 1.82) is 0 Å². The van der Waals surface area contributed by atoms with Crippen molar-refractivity contribution in [3.05, 3.63) is 132 Å². The summed E-state index contributed by atoms with van der Waals surface area (Å²) in [5, 5.41) is 0.324. The fourth-order valence-corrected chi connectivity index (χ4v) is 4.79. The van der Waals surface area contributed by atoms with Gasteiger partial charge in [0.1, 0.15) is 6.33 Å². The highest BCUT2D eigenvalue weighted by atomic mass is 35.5. The molecule has 2 aromatic heterocycles. The highest BCUT2D eigenvalue weighted by Gasteiger charge is 2.15. The van der Waals surface area contributed by atoms with E-state index in [1.165, 1.54) is 31.9 Å². The predicted molar refractivity (Wildman–Crippen MR) is 166 cm³/mol. The lowest BCUT2D eigenvalue weighted by atomic mass is 10.1. The average Bonchev–Trinajstić information content (AvgIpc) is 3.65. The molecule has 4 aromatic carbocycles. The second-order valence-corrected chi connectivity index (χ2v) is 10.1. The van der Waals surface area contributed by atoms with Crippen LogP contribution in [-0.4, -0.2) is 33.3 Å². The first-order valence-electron chi connectivity index (χ1n) is 13.4. The van der Waals surface area contributed by atoms with Gasteiger partial charge in [0.05, 0.1) is 38.1 Å². The zero-order valence-corrected chi connectivity index (χ0v) is 24.8. The molecule has 0 N–H and O–H groups in total. The monoisotopic (exact) mass is 598 g/mol. The van der Waals surface area contributed by atoms with Crippen LogP contribution < -0.4 is 9.47 Å². The van der Waals surface area contributed by atoms with E-state index in [1.807, 2.05) is 77.6 Å². The van der Waals surface area contributed by atoms with Crippen molar-refractivity contribution in [2.75, 3.05) is 14.2 Å². The van der Waals surface area contributed by atoms with Crippen molar-refractivity contribution in [3.63, 3.8) is 0 Å². The van der Waals surface area contributed by atoms with Gasteiger partial charge in [0.25, 0.3) is 0 Å². The van der Waals surface area contributed by atoms with Crippen LogP contribution in [-0.2, 0) is 0 Å². The summed E-state index contributed by atoms with van der Waals surface area (Å²) in [5.74, 6) is -0.388. The Bertz CT molecular complexity index is 1850. The molecule has 9 heteroatoms. The van der Waals surface area contributed by atoms with E-state index in [0.717, 1.165) is 28.2 Å². The van der Waals surface area contributed by atoms with Crippen LogP contribution >= 0.6 is 11.6 Å². The Hall–Kier alpha value is -4.95. The Morgan fingerprint density at radius 3 is 1.70 bits per heavy atom. The third-order valence-corrected chi connectivity index (χ3v) is 7.14. The van der Waals surface area contributed by atoms with Crippen molar-refractivity contribution < 1.29 is 18.3 Å². The minimum absolute atomic E-state index is 0.196. The van der Waals surface area contributed by atoms with Crippen LogP contribution in [0.3, 0.4) is 0 Å². The molecule has 6 nitrogen and oxygen atoms in total. The summed E-state index contributed by atoms with van der Waals surface area (Å²) < 4.78 is 41.5. The number of ether oxygens (including phenoxy) is 2. The molecule has 0 aliphatic heterocycles. The number of aromatic nitrogens is 4. The Morgan fingerprint density at radius 2 is 1.16 bits per heavy atom. The van der Waals surface area contributed by atoms with E-state index in [4.69, 9.17) is 21.1 Å². The first kappa shape index (κ1) is 29.5. The number of aryl methyl sites for hydroxylation is 2. The molecule has 0 atom stereocenters. The van der Waals surface area contributed by atoms with Gasteiger partial charge in [-0.1, -0.05) is 47.0 Å². The molecule has 0 aliphatic carbocycles. The Kier molecular flexibility index (Phi) is 8.87. The standard InChI is InChI=1S/C17H14ClFN2O.C17H15FN2O/c1-11-3-6-13(7-4-11)21-10-20-17(18)16(21)12-5-8-15(22-2)14(19)9-12;1-12-3-6-14(7-4-12)20-11-19-10-16(20)13-5-8-17(21-2)15(18)9-13/h3-10H,1-2H3;3-11H,1-2H3. The van der Waals surface area contributed by atoms with Gasteiger partial charge in [-0.3, -0.25) is 9.13 Å². The summed E-state index contributed by atoms with van der Waals surface area (Å²) in [7, 11) is 2.89. The van der Waals surface area contributed by atoms with Gasteiger partial charge in [0.2, 0.25) is 0 Å². The minimum atomic E-state index is -0.437. The van der Waals surface area contributed by atoms with Crippen molar-refractivity contribution in [1.82, 2.24) is 19.1 Å². The molecule has 0 saturated carbocycles. The first-order chi connectivity index (χ1) is 20.8. The third kappa shape index (κ3) is 6.44. The molecule has 0 saturated heterocycles. The molecule has 0 fully saturated rings. The average molecular weight is 599 g/mol.